The first-order valence-electron chi connectivity index (χ1n) is 15.4. The van der Waals surface area contributed by atoms with E-state index in [9.17, 15) is 39.0 Å². The zero-order chi connectivity index (χ0) is 35.8. The maximum atomic E-state index is 11.5. The molecule has 1 atom stereocenters. The van der Waals surface area contributed by atoms with Gasteiger partial charge in [0.05, 0.1) is 30.8 Å². The zero-order valence-corrected chi connectivity index (χ0v) is 28.2. The lowest BCUT2D eigenvalue weighted by Gasteiger charge is -2.09. The lowest BCUT2D eigenvalue weighted by atomic mass is 9.75. The van der Waals surface area contributed by atoms with E-state index in [1.54, 1.807) is 18.2 Å². The summed E-state index contributed by atoms with van der Waals surface area (Å²) in [4.78, 5) is 53.3. The second-order valence-electron chi connectivity index (χ2n) is 11.2. The first-order chi connectivity index (χ1) is 24.1. The third kappa shape index (κ3) is 9.02. The molecule has 8 rings (SSSR count). The third-order valence-corrected chi connectivity index (χ3v) is 9.86. The number of hydrogen-bond donors (Lipinski definition) is 5. The monoisotopic (exact) mass is 716 g/mol. The lowest BCUT2D eigenvalue weighted by molar-refractivity contribution is -0.119. The molecule has 2 saturated heterocycles. The van der Waals surface area contributed by atoms with Crippen LogP contribution in [0.2, 0.25) is 0 Å². The van der Waals surface area contributed by atoms with E-state index in [-0.39, 0.29) is 27.5 Å². The van der Waals surface area contributed by atoms with E-state index >= 15 is 0 Å². The standard InChI is InChI=1S/C12H12BNO4S.C9H9BO2.C8H7BO3.C3H3NO2S/c15-11-9(19-12(16)14-11)5-4-7-2-1-3-8-6-18-13(17)10(7)8;1-2-7-4-3-5-8-6-12-10(11)9(7)8;10-4-6-2-1-3-7-5-12-9(11)8(6)7;5-2-1-7-3(6)4-2/h1-3,9,17H,4-6H2,(H,14,15,16);2-5,11H,1,6H2;1-4,11H,5H2;1H2,(H,4,5,6). The number of hydrogen-bond acceptors (Lipinski definition) is 13. The molecule has 50 heavy (non-hydrogen) atoms. The van der Waals surface area contributed by atoms with Crippen LogP contribution in [0.1, 0.15) is 44.6 Å². The summed E-state index contributed by atoms with van der Waals surface area (Å²) >= 11 is 2.04. The Morgan fingerprint density at radius 3 is 1.78 bits per heavy atom. The highest BCUT2D eigenvalue weighted by molar-refractivity contribution is 8.15. The summed E-state index contributed by atoms with van der Waals surface area (Å²) in [6.45, 7) is 4.98. The molecule has 4 amide bonds. The molecular formula is C32H31B3N2O11S2. The fourth-order valence-electron chi connectivity index (χ4n) is 5.67. The zero-order valence-electron chi connectivity index (χ0n) is 26.5. The minimum atomic E-state index is -0.929. The number of carbonyl (C=O) groups excluding carboxylic acids is 5. The van der Waals surface area contributed by atoms with Crippen LogP contribution in [0.15, 0.2) is 61.2 Å². The van der Waals surface area contributed by atoms with E-state index in [2.05, 4.69) is 17.2 Å². The number of aldehydes is 1. The molecule has 3 aromatic carbocycles. The number of amides is 4. The van der Waals surface area contributed by atoms with Crippen molar-refractivity contribution < 1.29 is 53.0 Å². The first-order valence-corrected chi connectivity index (χ1v) is 17.2. The van der Waals surface area contributed by atoms with Crippen molar-refractivity contribution in [1.29, 1.82) is 0 Å². The van der Waals surface area contributed by atoms with Gasteiger partial charge in [-0.25, -0.2) is 0 Å². The quantitative estimate of drug-likeness (QED) is 0.180. The Kier molecular flexibility index (Phi) is 12.9. The molecule has 0 aromatic heterocycles. The van der Waals surface area contributed by atoms with Gasteiger partial charge in [-0.15, -0.1) is 0 Å². The summed E-state index contributed by atoms with van der Waals surface area (Å²) < 4.78 is 15.2. The Bertz CT molecular complexity index is 1740. The third-order valence-electron chi connectivity index (χ3n) is 8.04. The molecule has 5 N–H and O–H groups in total. The van der Waals surface area contributed by atoms with Gasteiger partial charge in [-0.3, -0.25) is 34.6 Å². The fourth-order valence-corrected chi connectivity index (χ4v) is 7.01. The van der Waals surface area contributed by atoms with Crippen molar-refractivity contribution in [3.8, 4) is 0 Å². The summed E-state index contributed by atoms with van der Waals surface area (Å²) in [5.41, 5.74) is 7.69. The van der Waals surface area contributed by atoms with Crippen molar-refractivity contribution in [1.82, 2.24) is 10.6 Å². The predicted molar refractivity (Wildman–Crippen MR) is 191 cm³/mol. The van der Waals surface area contributed by atoms with Crippen molar-refractivity contribution in [2.24, 2.45) is 0 Å². The van der Waals surface area contributed by atoms with Gasteiger partial charge in [0.25, 0.3) is 10.5 Å². The van der Waals surface area contributed by atoms with E-state index in [0.29, 0.717) is 49.4 Å². The number of carbonyl (C=O) groups is 5. The molecule has 3 aromatic rings. The second-order valence-corrected chi connectivity index (χ2v) is 13.3. The van der Waals surface area contributed by atoms with Gasteiger partial charge in [-0.1, -0.05) is 90.8 Å². The summed E-state index contributed by atoms with van der Waals surface area (Å²) in [5.74, 6) is -0.117. The maximum Gasteiger partial charge on any atom is 0.492 e. The van der Waals surface area contributed by atoms with Crippen LogP contribution in [-0.2, 0) is 49.8 Å². The van der Waals surface area contributed by atoms with E-state index in [1.165, 1.54) is 0 Å². The van der Waals surface area contributed by atoms with Gasteiger partial charge in [0.2, 0.25) is 11.8 Å². The Labute approximate surface area is 297 Å². The van der Waals surface area contributed by atoms with Crippen molar-refractivity contribution in [2.75, 3.05) is 5.75 Å². The van der Waals surface area contributed by atoms with Crippen molar-refractivity contribution in [2.45, 2.75) is 37.9 Å². The smallest absolute Gasteiger partial charge is 0.423 e. The number of imide groups is 2. The molecule has 1 unspecified atom stereocenters. The van der Waals surface area contributed by atoms with Crippen LogP contribution in [0.5, 0.6) is 0 Å². The summed E-state index contributed by atoms with van der Waals surface area (Å²) in [6.07, 6.45) is 3.68. The second kappa shape index (κ2) is 17.3. The van der Waals surface area contributed by atoms with Gasteiger partial charge in [0, 0.05) is 5.56 Å². The van der Waals surface area contributed by atoms with Crippen LogP contribution in [0.3, 0.4) is 0 Å². The average Bonchev–Trinajstić information content (AvgIpc) is 3.95. The molecule has 0 bridgehead atoms. The summed E-state index contributed by atoms with van der Waals surface area (Å²) in [7, 11) is -2.58. The normalized spacial score (nSPS) is 18.1. The summed E-state index contributed by atoms with van der Waals surface area (Å²) in [6, 6.07) is 16.9. The van der Waals surface area contributed by atoms with Crippen LogP contribution in [0.25, 0.3) is 6.08 Å². The van der Waals surface area contributed by atoms with Crippen molar-refractivity contribution in [3.63, 3.8) is 0 Å². The highest BCUT2D eigenvalue weighted by atomic mass is 32.2. The number of rotatable bonds is 5. The molecular weight excluding hydrogens is 685 g/mol. The number of thioether (sulfide) groups is 2. The van der Waals surface area contributed by atoms with E-state index in [4.69, 9.17) is 14.0 Å². The van der Waals surface area contributed by atoms with Crippen LogP contribution >= 0.6 is 23.5 Å². The van der Waals surface area contributed by atoms with Gasteiger partial charge >= 0.3 is 21.4 Å². The molecule has 13 nitrogen and oxygen atoms in total. The highest BCUT2D eigenvalue weighted by Crippen LogP contribution is 2.24. The Morgan fingerprint density at radius 1 is 0.760 bits per heavy atom. The Balaban J connectivity index is 0.000000137. The average molecular weight is 716 g/mol. The van der Waals surface area contributed by atoms with Crippen molar-refractivity contribution >= 4 is 95.9 Å². The highest BCUT2D eigenvalue weighted by Gasteiger charge is 2.34. The van der Waals surface area contributed by atoms with Gasteiger partial charge in [-0.2, -0.15) is 0 Å². The molecule has 0 saturated carbocycles. The van der Waals surface area contributed by atoms with Gasteiger partial charge in [0.15, 0.2) is 0 Å². The van der Waals surface area contributed by atoms with E-state index < -0.39 is 21.4 Å². The molecule has 5 aliphatic rings. The van der Waals surface area contributed by atoms with E-state index in [0.717, 1.165) is 68.6 Å². The van der Waals surface area contributed by atoms with Crippen LogP contribution in [0, 0.1) is 0 Å². The topological polar surface area (TPSA) is 198 Å². The fraction of sp³-hybridized carbons (Fsp3) is 0.219. The molecule has 18 heteroatoms. The lowest BCUT2D eigenvalue weighted by Crippen LogP contribution is -2.32. The van der Waals surface area contributed by atoms with E-state index in [1.807, 2.05) is 42.5 Å². The Hall–Kier alpha value is -4.00. The minimum Gasteiger partial charge on any atom is -0.423 e. The molecule has 0 aliphatic carbocycles. The number of aryl methyl sites for hydroxylation is 1. The summed E-state index contributed by atoms with van der Waals surface area (Å²) in [5, 5.41) is 32.1. The molecule has 0 spiro atoms. The number of nitrogens with one attached hydrogen (secondary N) is 2. The molecule has 0 radical (unpaired) electrons. The molecule has 256 valence electrons. The molecule has 5 heterocycles. The molecule has 5 aliphatic heterocycles. The largest absolute Gasteiger partial charge is 0.492 e. The van der Waals surface area contributed by atoms with Crippen LogP contribution in [-0.4, -0.2) is 76.0 Å². The maximum absolute atomic E-state index is 11.5. The SMILES string of the molecule is C=Cc1cccc2c1B(O)OC2.O=C1CSC(=O)N1.O=C1NC(=O)C(CCc2cccc3c2B(O)OC3)S1.O=Cc1cccc2c1B(O)OC2. The number of fused-ring (bicyclic) bond motifs is 3. The van der Waals surface area contributed by atoms with Crippen LogP contribution in [0.4, 0.5) is 9.59 Å². The first kappa shape index (κ1) is 37.3. The Morgan fingerprint density at radius 2 is 1.30 bits per heavy atom. The van der Waals surface area contributed by atoms with Crippen molar-refractivity contribution in [3.05, 3.63) is 94.6 Å². The minimum absolute atomic E-state index is 0.185. The van der Waals surface area contributed by atoms with Gasteiger partial charge in [-0.05, 0) is 57.0 Å². The van der Waals surface area contributed by atoms with Gasteiger partial charge in [0.1, 0.15) is 6.29 Å². The molecule has 2 fully saturated rings. The van der Waals surface area contributed by atoms with Gasteiger partial charge < -0.3 is 29.0 Å². The number of benzene rings is 3. The van der Waals surface area contributed by atoms with Crippen LogP contribution < -0.4 is 27.0 Å². The predicted octanol–water partition coefficient (Wildman–Crippen LogP) is 0.422.